The summed E-state index contributed by atoms with van der Waals surface area (Å²) in [4.78, 5) is 5.70. The summed E-state index contributed by atoms with van der Waals surface area (Å²) in [5.41, 5.74) is 0.132. The third-order valence-corrected chi connectivity index (χ3v) is 5.37. The Bertz CT molecular complexity index is 881. The largest absolute Gasteiger partial charge is 0.484 e. The molecule has 0 spiro atoms. The van der Waals surface area contributed by atoms with E-state index in [-0.39, 0.29) is 22.9 Å². The minimum atomic E-state index is -0.530. The van der Waals surface area contributed by atoms with Crippen LogP contribution in [-0.4, -0.2) is 26.0 Å². The molecule has 0 N–H and O–H groups in total. The van der Waals surface area contributed by atoms with Crippen molar-refractivity contribution in [2.45, 2.75) is 45.9 Å². The van der Waals surface area contributed by atoms with Gasteiger partial charge >= 0.3 is 6.01 Å². The van der Waals surface area contributed by atoms with Gasteiger partial charge < -0.3 is 9.47 Å². The Morgan fingerprint density at radius 1 is 1.64 bits per heavy atom. The Kier molecular flexibility index (Phi) is 5.41. The highest BCUT2D eigenvalue weighted by Crippen LogP contribution is 2.33. The Balaban J connectivity index is 1.96. The average molecular weight is 402 g/mol. The van der Waals surface area contributed by atoms with E-state index in [9.17, 15) is 4.39 Å². The van der Waals surface area contributed by atoms with Crippen LogP contribution >= 0.6 is 35.4 Å². The molecule has 0 radical (unpaired) electrons. The zero-order chi connectivity index (χ0) is 18.1. The van der Waals surface area contributed by atoms with Gasteiger partial charge in [-0.15, -0.1) is 4.37 Å². The lowest BCUT2D eigenvalue weighted by atomic mass is 10.2. The van der Waals surface area contributed by atoms with E-state index in [1.165, 1.54) is 12.1 Å². The number of hydrogen-bond donors (Lipinski definition) is 0. The van der Waals surface area contributed by atoms with Crippen LogP contribution in [0.25, 0.3) is 0 Å². The van der Waals surface area contributed by atoms with Crippen LogP contribution in [0.4, 0.5) is 10.1 Å². The van der Waals surface area contributed by atoms with Gasteiger partial charge in [-0.3, -0.25) is 4.57 Å². The van der Waals surface area contributed by atoms with Crippen molar-refractivity contribution in [2.24, 2.45) is 4.99 Å². The number of fused-ring (bicyclic) bond motifs is 1. The molecule has 0 saturated heterocycles. The number of aromatic nitrogens is 2. The van der Waals surface area contributed by atoms with Crippen molar-refractivity contribution in [3.63, 3.8) is 0 Å². The third-order valence-electron chi connectivity index (χ3n) is 3.74. The first kappa shape index (κ1) is 18.3. The molecule has 0 saturated carbocycles. The second kappa shape index (κ2) is 7.39. The maximum atomic E-state index is 14.3. The molecule has 9 heteroatoms. The molecule has 1 aromatic heterocycles. The predicted octanol–water partition coefficient (Wildman–Crippen LogP) is 4.30. The maximum Gasteiger partial charge on any atom is 0.310 e. The second-order valence-electron chi connectivity index (χ2n) is 5.71. The van der Waals surface area contributed by atoms with Gasteiger partial charge in [0.25, 0.3) is 0 Å². The van der Waals surface area contributed by atoms with E-state index in [1.807, 2.05) is 25.3 Å². The lowest BCUT2D eigenvalue weighted by Gasteiger charge is -2.16. The van der Waals surface area contributed by atoms with Crippen molar-refractivity contribution in [3.05, 3.63) is 27.8 Å². The molecule has 25 heavy (non-hydrogen) atoms. The van der Waals surface area contributed by atoms with E-state index in [1.54, 1.807) is 0 Å². The van der Waals surface area contributed by atoms with Gasteiger partial charge in [-0.1, -0.05) is 30.7 Å². The van der Waals surface area contributed by atoms with Crippen molar-refractivity contribution >= 4 is 45.9 Å². The molecule has 1 aromatic carbocycles. The van der Waals surface area contributed by atoms with Gasteiger partial charge in [0.15, 0.2) is 5.82 Å². The molecule has 5 nitrogen and oxygen atoms in total. The number of rotatable bonds is 5. The van der Waals surface area contributed by atoms with Crippen molar-refractivity contribution in [1.29, 1.82) is 0 Å². The van der Waals surface area contributed by atoms with Crippen molar-refractivity contribution in [3.8, 4) is 11.8 Å². The van der Waals surface area contributed by atoms with Crippen molar-refractivity contribution in [1.82, 2.24) is 8.94 Å². The van der Waals surface area contributed by atoms with Gasteiger partial charge in [0, 0.05) is 22.5 Å². The first-order chi connectivity index (χ1) is 11.9. The monoisotopic (exact) mass is 401 g/mol. The van der Waals surface area contributed by atoms with E-state index in [0.29, 0.717) is 29.5 Å². The molecule has 2 heterocycles. The van der Waals surface area contributed by atoms with Crippen LogP contribution in [0.2, 0.25) is 5.02 Å². The zero-order valence-corrected chi connectivity index (χ0v) is 16.3. The molecular formula is C16H17ClFN3O2S2. The van der Waals surface area contributed by atoms with Crippen LogP contribution in [0.3, 0.4) is 0 Å². The lowest BCUT2D eigenvalue weighted by molar-refractivity contribution is 0.247. The molecule has 0 aliphatic carbocycles. The van der Waals surface area contributed by atoms with Gasteiger partial charge in [-0.25, -0.2) is 9.38 Å². The molecule has 2 unspecified atom stereocenters. The Morgan fingerprint density at radius 2 is 2.40 bits per heavy atom. The SMILES string of the molecule is CCC(=S)C(C)Oc1cc(N=c2snc3n2CC(C)O3)c(F)cc1Cl. The van der Waals surface area contributed by atoms with E-state index < -0.39 is 5.82 Å². The number of ether oxygens (including phenoxy) is 2. The standard InChI is InChI=1S/C16H17ClFN3O2S2/c1-4-14(24)9(3)23-13-6-12(11(18)5-10(13)17)19-16-21-7-8(2)22-15(21)20-25-16/h5-6,8-9H,4,7H2,1-3H3. The first-order valence-electron chi connectivity index (χ1n) is 7.85. The molecule has 0 amide bonds. The lowest BCUT2D eigenvalue weighted by Crippen LogP contribution is -2.21. The van der Waals surface area contributed by atoms with Crippen molar-refractivity contribution in [2.75, 3.05) is 0 Å². The summed E-state index contributed by atoms with van der Waals surface area (Å²) in [6.45, 7) is 6.37. The van der Waals surface area contributed by atoms with Crippen LogP contribution in [-0.2, 0) is 6.54 Å². The van der Waals surface area contributed by atoms with Gasteiger partial charge in [-0.2, -0.15) is 0 Å². The topological polar surface area (TPSA) is 48.6 Å². The van der Waals surface area contributed by atoms with Crippen LogP contribution in [0.15, 0.2) is 17.1 Å². The fourth-order valence-corrected chi connectivity index (χ4v) is 3.33. The molecule has 2 atom stereocenters. The predicted molar refractivity (Wildman–Crippen MR) is 99.8 cm³/mol. The van der Waals surface area contributed by atoms with Crippen LogP contribution in [0.5, 0.6) is 11.8 Å². The minimum Gasteiger partial charge on any atom is -0.484 e. The smallest absolute Gasteiger partial charge is 0.310 e. The van der Waals surface area contributed by atoms with Gasteiger partial charge in [-0.05, 0) is 26.3 Å². The average Bonchev–Trinajstić information content (AvgIpc) is 3.11. The minimum absolute atomic E-state index is 0.0229. The summed E-state index contributed by atoms with van der Waals surface area (Å²) in [6.07, 6.45) is 0.441. The molecule has 1 aliphatic rings. The number of thiocarbonyl (C=S) groups is 1. The number of nitrogens with zero attached hydrogens (tertiary/aromatic N) is 3. The van der Waals surface area contributed by atoms with E-state index >= 15 is 0 Å². The van der Waals surface area contributed by atoms with Gasteiger partial charge in [0.05, 0.1) is 11.6 Å². The third kappa shape index (κ3) is 3.86. The second-order valence-corrected chi connectivity index (χ2v) is 7.37. The van der Waals surface area contributed by atoms with Crippen LogP contribution in [0.1, 0.15) is 27.2 Å². The fraction of sp³-hybridized carbons (Fsp3) is 0.438. The van der Waals surface area contributed by atoms with E-state index in [0.717, 1.165) is 16.4 Å². The quantitative estimate of drug-likeness (QED) is 0.701. The highest BCUT2D eigenvalue weighted by Gasteiger charge is 2.22. The van der Waals surface area contributed by atoms with Crippen molar-refractivity contribution < 1.29 is 13.9 Å². The zero-order valence-electron chi connectivity index (χ0n) is 14.0. The van der Waals surface area contributed by atoms with E-state index in [4.69, 9.17) is 33.3 Å². The molecular weight excluding hydrogens is 385 g/mol. The summed E-state index contributed by atoms with van der Waals surface area (Å²) in [5.74, 6) is -0.182. The Labute approximate surface area is 159 Å². The van der Waals surface area contributed by atoms with E-state index in [2.05, 4.69) is 9.37 Å². The number of halogens is 2. The van der Waals surface area contributed by atoms with Crippen LogP contribution < -0.4 is 14.3 Å². The van der Waals surface area contributed by atoms with Gasteiger partial charge in [0.2, 0.25) is 4.80 Å². The number of benzene rings is 1. The highest BCUT2D eigenvalue weighted by atomic mass is 35.5. The molecule has 1 aliphatic heterocycles. The Morgan fingerprint density at radius 3 is 3.12 bits per heavy atom. The van der Waals surface area contributed by atoms with Gasteiger partial charge in [0.1, 0.15) is 23.6 Å². The molecule has 0 fully saturated rings. The molecule has 0 bridgehead atoms. The fourth-order valence-electron chi connectivity index (χ4n) is 2.40. The summed E-state index contributed by atoms with van der Waals surface area (Å²) in [5, 5.41) is 0.182. The summed E-state index contributed by atoms with van der Waals surface area (Å²) in [6, 6.07) is 3.19. The summed E-state index contributed by atoms with van der Waals surface area (Å²) in [7, 11) is 0. The molecule has 2 aromatic rings. The normalized spacial score (nSPS) is 18.0. The first-order valence-corrected chi connectivity index (χ1v) is 9.41. The summed E-state index contributed by atoms with van der Waals surface area (Å²) >= 11 is 12.5. The molecule has 3 rings (SSSR count). The molecule has 134 valence electrons. The highest BCUT2D eigenvalue weighted by molar-refractivity contribution is 7.80. The summed E-state index contributed by atoms with van der Waals surface area (Å²) < 4.78 is 31.6. The Hall–Kier alpha value is -1.51. The number of hydrogen-bond acceptors (Lipinski definition) is 6. The maximum absolute atomic E-state index is 14.3. The van der Waals surface area contributed by atoms with Crippen LogP contribution in [0, 0.1) is 5.82 Å².